The lowest BCUT2D eigenvalue weighted by Crippen LogP contribution is -2.18. The molecule has 160 valence electrons. The Kier molecular flexibility index (Phi) is 7.66. The maximum atomic E-state index is 14.2. The molecule has 0 radical (unpaired) electrons. The molecule has 0 aliphatic carbocycles. The Hall–Kier alpha value is -3.33. The van der Waals surface area contributed by atoms with Gasteiger partial charge in [0, 0.05) is 5.41 Å². The highest BCUT2D eigenvalue weighted by molar-refractivity contribution is 5.36. The van der Waals surface area contributed by atoms with E-state index in [1.807, 2.05) is 54.6 Å². The summed E-state index contributed by atoms with van der Waals surface area (Å²) >= 11 is 0. The quantitative estimate of drug-likeness (QED) is 0.299. The Morgan fingerprint density at radius 3 is 2.35 bits per heavy atom. The predicted molar refractivity (Wildman–Crippen MR) is 126 cm³/mol. The van der Waals surface area contributed by atoms with E-state index in [1.165, 1.54) is 11.6 Å². The minimum absolute atomic E-state index is 0.152. The Balaban J connectivity index is 1.63. The summed E-state index contributed by atoms with van der Waals surface area (Å²) in [6, 6.07) is 22.5. The molecular formula is C28H29FO2. The van der Waals surface area contributed by atoms with Crippen LogP contribution >= 0.6 is 0 Å². The van der Waals surface area contributed by atoms with Crippen molar-refractivity contribution in [2.24, 2.45) is 0 Å². The summed E-state index contributed by atoms with van der Waals surface area (Å²) in [5.41, 5.74) is 2.09. The summed E-state index contributed by atoms with van der Waals surface area (Å²) in [5.74, 6) is 1.35. The van der Waals surface area contributed by atoms with Crippen LogP contribution in [0.25, 0.3) is 0 Å². The summed E-state index contributed by atoms with van der Waals surface area (Å²) < 4.78 is 25.5. The van der Waals surface area contributed by atoms with Crippen molar-refractivity contribution in [3.63, 3.8) is 0 Å². The van der Waals surface area contributed by atoms with Gasteiger partial charge in [0.05, 0.1) is 0 Å². The number of hydrogen-bond donors (Lipinski definition) is 0. The van der Waals surface area contributed by atoms with Gasteiger partial charge in [0.15, 0.2) is 11.6 Å². The maximum absolute atomic E-state index is 14.2. The number of benzene rings is 3. The minimum Gasteiger partial charge on any atom is -0.490 e. The van der Waals surface area contributed by atoms with E-state index in [0.717, 1.165) is 30.6 Å². The topological polar surface area (TPSA) is 18.5 Å². The molecule has 0 bridgehead atoms. The van der Waals surface area contributed by atoms with E-state index in [1.54, 1.807) is 12.1 Å². The zero-order chi connectivity index (χ0) is 22.1. The molecule has 0 aliphatic rings. The SMILES string of the molecule is C=CCOc1ccc(C(C)(C=C)CCCc2ccc(F)c(Oc3ccccc3)c2)cc1. The van der Waals surface area contributed by atoms with Crippen molar-refractivity contribution in [3.05, 3.63) is 115 Å². The first-order valence-corrected chi connectivity index (χ1v) is 10.5. The van der Waals surface area contributed by atoms with Gasteiger partial charge in [-0.15, -0.1) is 6.58 Å². The van der Waals surface area contributed by atoms with Crippen LogP contribution in [0.3, 0.4) is 0 Å². The highest BCUT2D eigenvalue weighted by Crippen LogP contribution is 2.33. The lowest BCUT2D eigenvalue weighted by atomic mass is 9.78. The highest BCUT2D eigenvalue weighted by atomic mass is 19.1. The summed E-state index contributed by atoms with van der Waals surface area (Å²) in [4.78, 5) is 0. The van der Waals surface area contributed by atoms with Gasteiger partial charge >= 0.3 is 0 Å². The zero-order valence-corrected chi connectivity index (χ0v) is 18.0. The highest BCUT2D eigenvalue weighted by Gasteiger charge is 2.22. The zero-order valence-electron chi connectivity index (χ0n) is 18.0. The van der Waals surface area contributed by atoms with E-state index in [2.05, 4.69) is 32.2 Å². The first-order chi connectivity index (χ1) is 15.0. The third-order valence-corrected chi connectivity index (χ3v) is 5.46. The van der Waals surface area contributed by atoms with Crippen molar-refractivity contribution in [2.75, 3.05) is 6.61 Å². The van der Waals surface area contributed by atoms with Crippen LogP contribution in [0.5, 0.6) is 17.2 Å². The predicted octanol–water partition coefficient (Wildman–Crippen LogP) is 7.65. The minimum atomic E-state index is -0.359. The first-order valence-electron chi connectivity index (χ1n) is 10.5. The number of aryl methyl sites for hydroxylation is 1. The molecule has 0 amide bonds. The molecule has 0 aliphatic heterocycles. The van der Waals surface area contributed by atoms with Gasteiger partial charge in [0.2, 0.25) is 0 Å². The molecule has 0 N–H and O–H groups in total. The fourth-order valence-corrected chi connectivity index (χ4v) is 3.51. The lowest BCUT2D eigenvalue weighted by Gasteiger charge is -2.27. The second-order valence-corrected chi connectivity index (χ2v) is 7.78. The number of halogens is 1. The maximum Gasteiger partial charge on any atom is 0.165 e. The van der Waals surface area contributed by atoms with E-state index in [4.69, 9.17) is 9.47 Å². The molecule has 0 saturated carbocycles. The molecule has 3 aromatic carbocycles. The van der Waals surface area contributed by atoms with E-state index < -0.39 is 0 Å². The third-order valence-electron chi connectivity index (χ3n) is 5.46. The van der Waals surface area contributed by atoms with Crippen LogP contribution < -0.4 is 9.47 Å². The standard InChI is InChI=1S/C28H29FO2/c1-4-20-30-24-16-14-23(15-17-24)28(3,5-2)19-9-10-22-13-18-26(29)27(21-22)31-25-11-7-6-8-12-25/h4-8,11-18,21H,1-2,9-10,19-20H2,3H3. The fourth-order valence-electron chi connectivity index (χ4n) is 3.51. The summed E-state index contributed by atoms with van der Waals surface area (Å²) in [7, 11) is 0. The second-order valence-electron chi connectivity index (χ2n) is 7.78. The van der Waals surface area contributed by atoms with Crippen LogP contribution in [0.2, 0.25) is 0 Å². The molecule has 31 heavy (non-hydrogen) atoms. The molecular weight excluding hydrogens is 387 g/mol. The van der Waals surface area contributed by atoms with Crippen LogP contribution in [-0.4, -0.2) is 6.61 Å². The van der Waals surface area contributed by atoms with Crippen molar-refractivity contribution in [2.45, 2.75) is 31.6 Å². The van der Waals surface area contributed by atoms with E-state index in [0.29, 0.717) is 12.4 Å². The van der Waals surface area contributed by atoms with Crippen molar-refractivity contribution in [1.29, 1.82) is 0 Å². The molecule has 3 rings (SSSR count). The van der Waals surface area contributed by atoms with E-state index in [-0.39, 0.29) is 17.0 Å². The number of hydrogen-bond acceptors (Lipinski definition) is 2. The lowest BCUT2D eigenvalue weighted by molar-refractivity contribution is 0.363. The van der Waals surface area contributed by atoms with Gasteiger partial charge in [-0.3, -0.25) is 0 Å². The molecule has 0 spiro atoms. The van der Waals surface area contributed by atoms with Crippen LogP contribution in [0.15, 0.2) is 98.1 Å². The normalized spacial score (nSPS) is 12.6. The van der Waals surface area contributed by atoms with Crippen molar-refractivity contribution in [3.8, 4) is 17.2 Å². The Morgan fingerprint density at radius 2 is 1.68 bits per heavy atom. The first kappa shape index (κ1) is 22.4. The number of para-hydroxylation sites is 1. The van der Waals surface area contributed by atoms with Gasteiger partial charge < -0.3 is 9.47 Å². The third kappa shape index (κ3) is 6.08. The van der Waals surface area contributed by atoms with Gasteiger partial charge in [-0.1, -0.05) is 62.1 Å². The molecule has 2 nitrogen and oxygen atoms in total. The Labute approximate surface area is 184 Å². The summed E-state index contributed by atoms with van der Waals surface area (Å²) in [5, 5.41) is 0. The molecule has 0 saturated heterocycles. The van der Waals surface area contributed by atoms with Crippen molar-refractivity contribution < 1.29 is 13.9 Å². The molecule has 0 aromatic heterocycles. The van der Waals surface area contributed by atoms with Gasteiger partial charge in [-0.05, 0) is 66.8 Å². The molecule has 3 heteroatoms. The fraction of sp³-hybridized carbons (Fsp3) is 0.214. The van der Waals surface area contributed by atoms with Gasteiger partial charge in [0.25, 0.3) is 0 Å². The Morgan fingerprint density at radius 1 is 0.935 bits per heavy atom. The second kappa shape index (κ2) is 10.6. The smallest absolute Gasteiger partial charge is 0.165 e. The monoisotopic (exact) mass is 416 g/mol. The average molecular weight is 417 g/mol. The molecule has 0 heterocycles. The van der Waals surface area contributed by atoms with Gasteiger partial charge in [-0.25, -0.2) is 4.39 Å². The number of allylic oxidation sites excluding steroid dienone is 1. The van der Waals surface area contributed by atoms with E-state index in [9.17, 15) is 4.39 Å². The Bertz CT molecular complexity index is 995. The number of ether oxygens (including phenoxy) is 2. The molecule has 0 fully saturated rings. The molecule has 1 atom stereocenters. The molecule has 1 unspecified atom stereocenters. The van der Waals surface area contributed by atoms with Crippen molar-refractivity contribution >= 4 is 0 Å². The van der Waals surface area contributed by atoms with Gasteiger partial charge in [0.1, 0.15) is 18.1 Å². The van der Waals surface area contributed by atoms with Crippen LogP contribution in [0.1, 0.15) is 30.9 Å². The summed E-state index contributed by atoms with van der Waals surface area (Å²) in [6.45, 7) is 10.4. The summed E-state index contributed by atoms with van der Waals surface area (Å²) in [6.07, 6.45) is 6.42. The molecule has 3 aromatic rings. The van der Waals surface area contributed by atoms with Crippen LogP contribution in [0, 0.1) is 5.82 Å². The van der Waals surface area contributed by atoms with Gasteiger partial charge in [-0.2, -0.15) is 0 Å². The van der Waals surface area contributed by atoms with Crippen LogP contribution in [0.4, 0.5) is 4.39 Å². The van der Waals surface area contributed by atoms with Crippen molar-refractivity contribution in [1.82, 2.24) is 0 Å². The largest absolute Gasteiger partial charge is 0.490 e. The average Bonchev–Trinajstić information content (AvgIpc) is 2.80. The number of rotatable bonds is 11. The van der Waals surface area contributed by atoms with Crippen LogP contribution in [-0.2, 0) is 11.8 Å². The van der Waals surface area contributed by atoms with E-state index >= 15 is 0 Å².